The molecule has 0 bridgehead atoms. The molecule has 1 aliphatic rings. The van der Waals surface area contributed by atoms with Gasteiger partial charge in [-0.2, -0.15) is 0 Å². The Labute approximate surface area is 100 Å². The predicted octanol–water partition coefficient (Wildman–Crippen LogP) is 1.85. The molecule has 0 aliphatic heterocycles. The molecule has 88 valence electrons. The summed E-state index contributed by atoms with van der Waals surface area (Å²) in [6, 6.07) is 4.78. The highest BCUT2D eigenvalue weighted by Gasteiger charge is 2.20. The lowest BCUT2D eigenvalue weighted by atomic mass is 10.3. The first-order valence-corrected chi connectivity index (χ1v) is 6.63. The molecule has 16 heavy (non-hydrogen) atoms. The van der Waals surface area contributed by atoms with Crippen molar-refractivity contribution in [3.8, 4) is 0 Å². The van der Waals surface area contributed by atoms with Crippen LogP contribution >= 0.6 is 11.3 Å². The van der Waals surface area contributed by atoms with Gasteiger partial charge in [0.15, 0.2) is 0 Å². The highest BCUT2D eigenvalue weighted by molar-refractivity contribution is 7.09. The first-order valence-electron chi connectivity index (χ1n) is 5.75. The standard InChI is InChI=1S/C12H18N2OS/c1-14(9-11-3-2-8-16-11)12(15)6-7-13-10-4-5-10/h2-3,8,10,13H,4-7,9H2,1H3. The van der Waals surface area contributed by atoms with Crippen LogP contribution in [-0.2, 0) is 11.3 Å². The second-order valence-corrected chi connectivity index (χ2v) is 5.34. The summed E-state index contributed by atoms with van der Waals surface area (Å²) in [4.78, 5) is 14.8. The molecule has 1 fully saturated rings. The fourth-order valence-corrected chi connectivity index (χ4v) is 2.34. The average Bonchev–Trinajstić information content (AvgIpc) is 2.95. The van der Waals surface area contributed by atoms with Crippen LogP contribution in [0.1, 0.15) is 24.1 Å². The first-order chi connectivity index (χ1) is 7.75. The van der Waals surface area contributed by atoms with Gasteiger partial charge in [0.2, 0.25) is 5.91 Å². The van der Waals surface area contributed by atoms with Gasteiger partial charge in [0.1, 0.15) is 0 Å². The molecule has 1 aromatic heterocycles. The van der Waals surface area contributed by atoms with Crippen LogP contribution in [0.2, 0.25) is 0 Å². The van der Waals surface area contributed by atoms with Gasteiger partial charge in [-0.1, -0.05) is 6.07 Å². The Kier molecular flexibility index (Phi) is 3.96. The van der Waals surface area contributed by atoms with Crippen LogP contribution in [0.25, 0.3) is 0 Å². The summed E-state index contributed by atoms with van der Waals surface area (Å²) in [6.45, 7) is 1.55. The number of thiophene rings is 1. The number of nitrogens with one attached hydrogen (secondary N) is 1. The van der Waals surface area contributed by atoms with E-state index in [0.717, 1.165) is 13.1 Å². The molecule has 2 rings (SSSR count). The quantitative estimate of drug-likeness (QED) is 0.820. The lowest BCUT2D eigenvalue weighted by Gasteiger charge is -2.16. The topological polar surface area (TPSA) is 32.3 Å². The van der Waals surface area contributed by atoms with Gasteiger partial charge in [0.05, 0.1) is 6.54 Å². The zero-order valence-corrected chi connectivity index (χ0v) is 10.4. The minimum atomic E-state index is 0.224. The maximum absolute atomic E-state index is 11.8. The first kappa shape index (κ1) is 11.6. The Morgan fingerprint density at radius 1 is 1.62 bits per heavy atom. The Bertz CT molecular complexity index is 333. The van der Waals surface area contributed by atoms with Crippen molar-refractivity contribution in [3.63, 3.8) is 0 Å². The Hall–Kier alpha value is -0.870. The van der Waals surface area contributed by atoms with Crippen LogP contribution in [0, 0.1) is 0 Å². The molecule has 1 amide bonds. The molecule has 1 aliphatic carbocycles. The molecule has 0 atom stereocenters. The Balaban J connectivity index is 1.66. The van der Waals surface area contributed by atoms with E-state index in [1.54, 1.807) is 16.2 Å². The Morgan fingerprint density at radius 2 is 2.44 bits per heavy atom. The predicted molar refractivity (Wildman–Crippen MR) is 66.4 cm³/mol. The molecule has 1 saturated carbocycles. The molecule has 0 radical (unpaired) electrons. The van der Waals surface area contributed by atoms with E-state index >= 15 is 0 Å². The van der Waals surface area contributed by atoms with Crippen LogP contribution in [0.3, 0.4) is 0 Å². The van der Waals surface area contributed by atoms with Crippen LogP contribution in [0.15, 0.2) is 17.5 Å². The largest absolute Gasteiger partial charge is 0.341 e. The molecule has 3 nitrogen and oxygen atoms in total. The van der Waals surface area contributed by atoms with E-state index in [0.29, 0.717) is 12.5 Å². The van der Waals surface area contributed by atoms with Gasteiger partial charge < -0.3 is 10.2 Å². The van der Waals surface area contributed by atoms with Gasteiger partial charge in [0, 0.05) is 30.9 Å². The number of nitrogens with zero attached hydrogens (tertiary/aromatic N) is 1. The number of hydrogen-bond acceptors (Lipinski definition) is 3. The van der Waals surface area contributed by atoms with Gasteiger partial charge in [-0.3, -0.25) is 4.79 Å². The van der Waals surface area contributed by atoms with Crippen molar-refractivity contribution in [2.45, 2.75) is 31.8 Å². The minimum absolute atomic E-state index is 0.224. The van der Waals surface area contributed by atoms with Crippen molar-refractivity contribution in [3.05, 3.63) is 22.4 Å². The molecule has 0 unspecified atom stereocenters. The summed E-state index contributed by atoms with van der Waals surface area (Å²) in [6.07, 6.45) is 3.16. The molecule has 1 heterocycles. The number of rotatable bonds is 6. The summed E-state index contributed by atoms with van der Waals surface area (Å²) >= 11 is 1.70. The highest BCUT2D eigenvalue weighted by Crippen LogP contribution is 2.18. The monoisotopic (exact) mass is 238 g/mol. The molecule has 0 saturated heterocycles. The van der Waals surface area contributed by atoms with Crippen LogP contribution in [0.5, 0.6) is 0 Å². The van der Waals surface area contributed by atoms with Gasteiger partial charge in [-0.05, 0) is 24.3 Å². The van der Waals surface area contributed by atoms with E-state index < -0.39 is 0 Å². The molecule has 0 aromatic carbocycles. The number of carbonyl (C=O) groups is 1. The van der Waals surface area contributed by atoms with Gasteiger partial charge in [-0.25, -0.2) is 0 Å². The lowest BCUT2D eigenvalue weighted by molar-refractivity contribution is -0.130. The van der Waals surface area contributed by atoms with Gasteiger partial charge in [0.25, 0.3) is 0 Å². The lowest BCUT2D eigenvalue weighted by Crippen LogP contribution is -2.29. The molecular weight excluding hydrogens is 220 g/mol. The Morgan fingerprint density at radius 3 is 3.06 bits per heavy atom. The van der Waals surface area contributed by atoms with Crippen molar-refractivity contribution in [2.24, 2.45) is 0 Å². The molecule has 1 aromatic rings. The van der Waals surface area contributed by atoms with Crippen molar-refractivity contribution in [1.29, 1.82) is 0 Å². The van der Waals surface area contributed by atoms with E-state index in [9.17, 15) is 4.79 Å². The zero-order chi connectivity index (χ0) is 11.4. The summed E-state index contributed by atoms with van der Waals surface area (Å²) < 4.78 is 0. The summed E-state index contributed by atoms with van der Waals surface area (Å²) in [7, 11) is 1.87. The second-order valence-electron chi connectivity index (χ2n) is 4.31. The highest BCUT2D eigenvalue weighted by atomic mass is 32.1. The summed E-state index contributed by atoms with van der Waals surface area (Å²) in [5.41, 5.74) is 0. The third-order valence-corrected chi connectivity index (χ3v) is 3.61. The third-order valence-electron chi connectivity index (χ3n) is 2.75. The molecule has 4 heteroatoms. The van der Waals surface area contributed by atoms with Crippen LogP contribution in [0.4, 0.5) is 0 Å². The summed E-state index contributed by atoms with van der Waals surface area (Å²) in [5.74, 6) is 0.224. The fourth-order valence-electron chi connectivity index (χ4n) is 1.59. The fraction of sp³-hybridized carbons (Fsp3) is 0.583. The van der Waals surface area contributed by atoms with Gasteiger partial charge >= 0.3 is 0 Å². The van der Waals surface area contributed by atoms with Crippen molar-refractivity contribution >= 4 is 17.2 Å². The second kappa shape index (κ2) is 5.46. The third kappa shape index (κ3) is 3.61. The van der Waals surface area contributed by atoms with Gasteiger partial charge in [-0.15, -0.1) is 11.3 Å². The average molecular weight is 238 g/mol. The maximum atomic E-state index is 11.8. The number of hydrogen-bond donors (Lipinski definition) is 1. The molecule has 0 spiro atoms. The maximum Gasteiger partial charge on any atom is 0.223 e. The number of carbonyl (C=O) groups excluding carboxylic acids is 1. The van der Waals surface area contributed by atoms with E-state index in [-0.39, 0.29) is 5.91 Å². The normalized spacial score (nSPS) is 15.1. The van der Waals surface area contributed by atoms with Crippen molar-refractivity contribution < 1.29 is 4.79 Å². The SMILES string of the molecule is CN(Cc1cccs1)C(=O)CCNC1CC1. The van der Waals surface area contributed by atoms with E-state index in [4.69, 9.17) is 0 Å². The van der Waals surface area contributed by atoms with E-state index in [1.165, 1.54) is 17.7 Å². The van der Waals surface area contributed by atoms with Crippen molar-refractivity contribution in [1.82, 2.24) is 10.2 Å². The van der Waals surface area contributed by atoms with Crippen molar-refractivity contribution in [2.75, 3.05) is 13.6 Å². The van der Waals surface area contributed by atoms with Crippen LogP contribution < -0.4 is 5.32 Å². The zero-order valence-electron chi connectivity index (χ0n) is 9.61. The molecular formula is C12H18N2OS. The van der Waals surface area contributed by atoms with E-state index in [1.807, 2.05) is 18.5 Å². The van der Waals surface area contributed by atoms with Crippen LogP contribution in [-0.4, -0.2) is 30.4 Å². The smallest absolute Gasteiger partial charge is 0.223 e. The molecule has 1 N–H and O–H groups in total. The minimum Gasteiger partial charge on any atom is -0.341 e. The number of amides is 1. The summed E-state index contributed by atoms with van der Waals surface area (Å²) in [5, 5.41) is 5.40. The van der Waals surface area contributed by atoms with E-state index in [2.05, 4.69) is 11.4 Å².